The molecule has 0 spiro atoms. The summed E-state index contributed by atoms with van der Waals surface area (Å²) in [6, 6.07) is 4.57. The molecule has 1 aromatic rings. The first-order valence-electron chi connectivity index (χ1n) is 7.67. The van der Waals surface area contributed by atoms with E-state index < -0.39 is 10.0 Å². The van der Waals surface area contributed by atoms with Crippen molar-refractivity contribution in [1.82, 2.24) is 14.5 Å². The average Bonchev–Trinajstić information content (AvgIpc) is 2.86. The van der Waals surface area contributed by atoms with Gasteiger partial charge in [0, 0.05) is 50.9 Å². The van der Waals surface area contributed by atoms with Gasteiger partial charge in [0.25, 0.3) is 0 Å². The predicted octanol–water partition coefficient (Wildman–Crippen LogP) is 1.52. The van der Waals surface area contributed by atoms with Gasteiger partial charge in [-0.15, -0.1) is 0 Å². The topological polar surface area (TPSA) is 65.0 Å². The van der Waals surface area contributed by atoms with Crippen LogP contribution in [0.2, 0.25) is 5.02 Å². The second kappa shape index (κ2) is 8.13. The molecule has 1 N–H and O–H groups in total. The van der Waals surface area contributed by atoms with E-state index in [1.54, 1.807) is 31.1 Å². The molecule has 6 nitrogen and oxygen atoms in total. The molecule has 0 radical (unpaired) electrons. The number of hydrogen-bond acceptors (Lipinski definition) is 3. The fourth-order valence-electron chi connectivity index (χ4n) is 2.61. The Balaban J connectivity index is 1.91. The Kier molecular flexibility index (Phi) is 6.42. The summed E-state index contributed by atoms with van der Waals surface area (Å²) in [5.74, 6) is 0.395. The fourth-order valence-corrected chi connectivity index (χ4v) is 4.37. The minimum atomic E-state index is -3.10. The van der Waals surface area contributed by atoms with Gasteiger partial charge < -0.3 is 10.2 Å². The number of guanidine groups is 1. The maximum Gasteiger partial charge on any atom is 0.214 e. The maximum absolute atomic E-state index is 13.9. The van der Waals surface area contributed by atoms with Crippen LogP contribution in [0.5, 0.6) is 0 Å². The van der Waals surface area contributed by atoms with Crippen LogP contribution in [-0.4, -0.2) is 63.1 Å². The largest absolute Gasteiger partial charge is 0.355 e. The quantitative estimate of drug-likeness (QED) is 0.625. The molecule has 0 amide bonds. The second-order valence-corrected chi connectivity index (χ2v) is 8.09. The van der Waals surface area contributed by atoms with Crippen molar-refractivity contribution in [3.05, 3.63) is 34.6 Å². The van der Waals surface area contributed by atoms with Crippen LogP contribution in [0.15, 0.2) is 23.2 Å². The molecule has 0 bridgehead atoms. The van der Waals surface area contributed by atoms with Gasteiger partial charge in [0.15, 0.2) is 5.96 Å². The molecule has 1 saturated heterocycles. The lowest BCUT2D eigenvalue weighted by Crippen LogP contribution is -2.42. The predicted molar refractivity (Wildman–Crippen MR) is 94.2 cm³/mol. The zero-order valence-electron chi connectivity index (χ0n) is 13.8. The molecule has 0 saturated carbocycles. The van der Waals surface area contributed by atoms with Crippen LogP contribution in [0.1, 0.15) is 12.0 Å². The van der Waals surface area contributed by atoms with Crippen LogP contribution in [0.3, 0.4) is 0 Å². The van der Waals surface area contributed by atoms with E-state index in [2.05, 4.69) is 10.3 Å². The Labute approximate surface area is 147 Å². The smallest absolute Gasteiger partial charge is 0.214 e. The van der Waals surface area contributed by atoms with Crippen LogP contribution in [0.25, 0.3) is 0 Å². The summed E-state index contributed by atoms with van der Waals surface area (Å²) in [5.41, 5.74) is 0.395. The van der Waals surface area contributed by atoms with Gasteiger partial charge in [0.05, 0.1) is 5.75 Å². The summed E-state index contributed by atoms with van der Waals surface area (Å²) >= 11 is 6.04. The minimum Gasteiger partial charge on any atom is -0.355 e. The Morgan fingerprint density at radius 2 is 2.25 bits per heavy atom. The standard InChI is InChI=1S/C15H22ClFN4O2S/c1-18-15(19-7-9-21-8-4-10-24(21,22)23)20(2)11-12-13(16)5-3-6-14(12)17/h3,5-6H,4,7-11H2,1-2H3,(H,18,19). The number of aliphatic imine (C=N–C) groups is 1. The third kappa shape index (κ3) is 4.58. The van der Waals surface area contributed by atoms with Crippen molar-refractivity contribution in [3.63, 3.8) is 0 Å². The van der Waals surface area contributed by atoms with E-state index in [9.17, 15) is 12.8 Å². The summed E-state index contributed by atoms with van der Waals surface area (Å²) in [7, 11) is 0.289. The van der Waals surface area contributed by atoms with Crippen molar-refractivity contribution in [2.75, 3.05) is 39.5 Å². The molecule has 1 aliphatic heterocycles. The van der Waals surface area contributed by atoms with Gasteiger partial charge in [0.2, 0.25) is 10.0 Å². The van der Waals surface area contributed by atoms with Crippen molar-refractivity contribution in [3.8, 4) is 0 Å². The molecule has 9 heteroatoms. The van der Waals surface area contributed by atoms with Gasteiger partial charge in [-0.25, -0.2) is 17.1 Å². The SMILES string of the molecule is CN=C(NCCN1CCCS1(=O)=O)N(C)Cc1c(F)cccc1Cl. The van der Waals surface area contributed by atoms with E-state index >= 15 is 0 Å². The molecule has 1 aliphatic rings. The van der Waals surface area contributed by atoms with E-state index in [0.29, 0.717) is 42.6 Å². The minimum absolute atomic E-state index is 0.216. The van der Waals surface area contributed by atoms with Gasteiger partial charge >= 0.3 is 0 Å². The molecule has 0 aromatic heterocycles. The van der Waals surface area contributed by atoms with Crippen molar-refractivity contribution < 1.29 is 12.8 Å². The summed E-state index contributed by atoms with van der Waals surface area (Å²) in [4.78, 5) is 5.88. The van der Waals surface area contributed by atoms with Crippen LogP contribution < -0.4 is 5.32 Å². The van der Waals surface area contributed by atoms with Gasteiger partial charge in [-0.05, 0) is 18.6 Å². The lowest BCUT2D eigenvalue weighted by Gasteiger charge is -2.24. The summed E-state index contributed by atoms with van der Waals surface area (Å²) in [6.07, 6.45) is 0.669. The lowest BCUT2D eigenvalue weighted by molar-refractivity contribution is 0.429. The van der Waals surface area contributed by atoms with Gasteiger partial charge in [0.1, 0.15) is 5.82 Å². The first-order chi connectivity index (χ1) is 11.3. The number of nitrogens with zero attached hydrogens (tertiary/aromatic N) is 3. The van der Waals surface area contributed by atoms with Gasteiger partial charge in [-0.1, -0.05) is 17.7 Å². The Hall–Kier alpha value is -1.38. The molecule has 134 valence electrons. The third-order valence-corrected chi connectivity index (χ3v) is 6.19. The molecule has 24 heavy (non-hydrogen) atoms. The Morgan fingerprint density at radius 1 is 1.50 bits per heavy atom. The number of benzene rings is 1. The summed E-state index contributed by atoms with van der Waals surface area (Å²) < 4.78 is 38.9. The molecule has 1 fully saturated rings. The van der Waals surface area contributed by atoms with E-state index in [-0.39, 0.29) is 18.1 Å². The van der Waals surface area contributed by atoms with Crippen LogP contribution in [0.4, 0.5) is 4.39 Å². The molecular weight excluding hydrogens is 355 g/mol. The van der Waals surface area contributed by atoms with E-state index in [1.165, 1.54) is 10.4 Å². The van der Waals surface area contributed by atoms with Crippen molar-refractivity contribution in [1.29, 1.82) is 0 Å². The first kappa shape index (κ1) is 19.0. The summed E-state index contributed by atoms with van der Waals surface area (Å²) in [5, 5.41) is 3.46. The lowest BCUT2D eigenvalue weighted by atomic mass is 10.2. The maximum atomic E-state index is 13.9. The molecule has 0 unspecified atom stereocenters. The fraction of sp³-hybridized carbons (Fsp3) is 0.533. The van der Waals surface area contributed by atoms with E-state index in [0.717, 1.165) is 0 Å². The Bertz CT molecular complexity index is 691. The van der Waals surface area contributed by atoms with E-state index in [1.807, 2.05) is 0 Å². The number of halogens is 2. The number of sulfonamides is 1. The molecule has 2 rings (SSSR count). The van der Waals surface area contributed by atoms with Crippen molar-refractivity contribution >= 4 is 27.6 Å². The summed E-state index contributed by atoms with van der Waals surface area (Å²) in [6.45, 7) is 1.63. The van der Waals surface area contributed by atoms with Crippen LogP contribution in [0, 0.1) is 5.82 Å². The highest BCUT2D eigenvalue weighted by Crippen LogP contribution is 2.20. The molecule has 0 aliphatic carbocycles. The van der Waals surface area contributed by atoms with Gasteiger partial charge in [-0.2, -0.15) is 0 Å². The molecule has 1 heterocycles. The monoisotopic (exact) mass is 376 g/mol. The number of rotatable bonds is 5. The van der Waals surface area contributed by atoms with E-state index in [4.69, 9.17) is 11.6 Å². The zero-order chi connectivity index (χ0) is 17.7. The highest BCUT2D eigenvalue weighted by Gasteiger charge is 2.27. The molecular formula is C15H22ClFN4O2S. The average molecular weight is 377 g/mol. The number of hydrogen-bond donors (Lipinski definition) is 1. The van der Waals surface area contributed by atoms with Crippen LogP contribution >= 0.6 is 11.6 Å². The normalized spacial score (nSPS) is 17.9. The van der Waals surface area contributed by atoms with Gasteiger partial charge in [-0.3, -0.25) is 4.99 Å². The first-order valence-corrected chi connectivity index (χ1v) is 9.66. The number of nitrogens with one attached hydrogen (secondary N) is 1. The van der Waals surface area contributed by atoms with Crippen molar-refractivity contribution in [2.24, 2.45) is 4.99 Å². The molecule has 0 atom stereocenters. The highest BCUT2D eigenvalue weighted by atomic mass is 35.5. The van der Waals surface area contributed by atoms with Crippen LogP contribution in [-0.2, 0) is 16.6 Å². The third-order valence-electron chi connectivity index (χ3n) is 3.88. The second-order valence-electron chi connectivity index (χ2n) is 5.60. The zero-order valence-corrected chi connectivity index (χ0v) is 15.4. The molecule has 1 aromatic carbocycles. The van der Waals surface area contributed by atoms with Crippen molar-refractivity contribution in [2.45, 2.75) is 13.0 Å². The Morgan fingerprint density at radius 3 is 2.83 bits per heavy atom. The highest BCUT2D eigenvalue weighted by molar-refractivity contribution is 7.89.